The Bertz CT molecular complexity index is 501. The van der Waals surface area contributed by atoms with Crippen LogP contribution in [0.15, 0.2) is 24.3 Å². The summed E-state index contributed by atoms with van der Waals surface area (Å²) in [5, 5.41) is 9.33. The summed E-state index contributed by atoms with van der Waals surface area (Å²) in [6.07, 6.45) is 0.370. The minimum absolute atomic E-state index is 0.232. The summed E-state index contributed by atoms with van der Waals surface area (Å²) in [6.45, 7) is 2.78. The van der Waals surface area contributed by atoms with Crippen LogP contribution < -0.4 is 0 Å². The summed E-state index contributed by atoms with van der Waals surface area (Å²) in [5.41, 5.74) is 2.04. The molecule has 1 atom stereocenters. The molecular formula is C14H18N2O3. The van der Waals surface area contributed by atoms with Crippen molar-refractivity contribution in [3.05, 3.63) is 35.4 Å². The van der Waals surface area contributed by atoms with E-state index in [9.17, 15) is 14.7 Å². The number of rotatable bonds is 2. The smallest absolute Gasteiger partial charge is 0.326 e. The van der Waals surface area contributed by atoms with Crippen LogP contribution in [0.25, 0.3) is 0 Å². The third-order valence-corrected chi connectivity index (χ3v) is 3.58. The molecule has 19 heavy (non-hydrogen) atoms. The summed E-state index contributed by atoms with van der Waals surface area (Å²) in [5.74, 6) is -0.952. The van der Waals surface area contributed by atoms with Crippen molar-refractivity contribution in [1.82, 2.24) is 9.80 Å². The van der Waals surface area contributed by atoms with Gasteiger partial charge in [-0.1, -0.05) is 24.3 Å². The Morgan fingerprint density at radius 2 is 2.00 bits per heavy atom. The Morgan fingerprint density at radius 1 is 1.37 bits per heavy atom. The van der Waals surface area contributed by atoms with Gasteiger partial charge in [-0.25, -0.2) is 9.59 Å². The van der Waals surface area contributed by atoms with Crippen LogP contribution in [0.3, 0.4) is 0 Å². The van der Waals surface area contributed by atoms with Crippen molar-refractivity contribution >= 4 is 12.0 Å². The van der Waals surface area contributed by atoms with Gasteiger partial charge in [-0.05, 0) is 18.1 Å². The van der Waals surface area contributed by atoms with Gasteiger partial charge in [0.1, 0.15) is 6.04 Å². The average molecular weight is 262 g/mol. The van der Waals surface area contributed by atoms with E-state index < -0.39 is 12.0 Å². The SMILES string of the molecule is CCN(C)C(=O)N1Cc2ccccc2CC1C(=O)O. The Kier molecular flexibility index (Phi) is 3.74. The van der Waals surface area contributed by atoms with E-state index in [1.165, 1.54) is 9.80 Å². The highest BCUT2D eigenvalue weighted by Gasteiger charge is 2.35. The number of carboxylic acid groups (broad SMARTS) is 1. The fourth-order valence-corrected chi connectivity index (χ4v) is 2.30. The van der Waals surface area contributed by atoms with Crippen molar-refractivity contribution in [3.8, 4) is 0 Å². The Morgan fingerprint density at radius 3 is 2.58 bits per heavy atom. The quantitative estimate of drug-likeness (QED) is 0.880. The molecule has 1 N–H and O–H groups in total. The third-order valence-electron chi connectivity index (χ3n) is 3.58. The minimum atomic E-state index is -0.952. The molecule has 5 heteroatoms. The van der Waals surface area contributed by atoms with E-state index in [2.05, 4.69) is 0 Å². The molecule has 0 aromatic heterocycles. The van der Waals surface area contributed by atoms with Gasteiger partial charge >= 0.3 is 12.0 Å². The normalized spacial score (nSPS) is 17.8. The zero-order valence-corrected chi connectivity index (χ0v) is 11.2. The van der Waals surface area contributed by atoms with E-state index in [0.29, 0.717) is 19.5 Å². The third kappa shape index (κ3) is 2.54. The van der Waals surface area contributed by atoms with Gasteiger partial charge in [0.05, 0.1) is 0 Å². The molecule has 102 valence electrons. The molecule has 1 aromatic carbocycles. The Balaban J connectivity index is 2.31. The molecular weight excluding hydrogens is 244 g/mol. The number of amides is 2. The topological polar surface area (TPSA) is 60.9 Å². The first-order valence-electron chi connectivity index (χ1n) is 6.36. The molecule has 1 unspecified atom stereocenters. The van der Waals surface area contributed by atoms with Crippen molar-refractivity contribution in [2.45, 2.75) is 25.9 Å². The number of hydrogen-bond acceptors (Lipinski definition) is 2. The van der Waals surface area contributed by atoms with Crippen LogP contribution in [0.1, 0.15) is 18.1 Å². The van der Waals surface area contributed by atoms with Gasteiger partial charge in [-0.15, -0.1) is 0 Å². The molecule has 1 heterocycles. The molecule has 0 saturated carbocycles. The second kappa shape index (κ2) is 5.30. The first-order valence-corrected chi connectivity index (χ1v) is 6.36. The molecule has 0 aliphatic carbocycles. The van der Waals surface area contributed by atoms with E-state index in [1.54, 1.807) is 7.05 Å². The van der Waals surface area contributed by atoms with E-state index in [0.717, 1.165) is 11.1 Å². The molecule has 0 radical (unpaired) electrons. The van der Waals surface area contributed by atoms with Gasteiger partial charge in [0, 0.05) is 26.6 Å². The van der Waals surface area contributed by atoms with Gasteiger partial charge in [-0.2, -0.15) is 0 Å². The standard InChI is InChI=1S/C14H18N2O3/c1-3-15(2)14(19)16-9-11-7-5-4-6-10(11)8-12(16)13(17)18/h4-7,12H,3,8-9H2,1-2H3,(H,17,18). The fraction of sp³-hybridized carbons (Fsp3) is 0.429. The highest BCUT2D eigenvalue weighted by atomic mass is 16.4. The van der Waals surface area contributed by atoms with E-state index in [4.69, 9.17) is 0 Å². The van der Waals surface area contributed by atoms with Crippen molar-refractivity contribution in [1.29, 1.82) is 0 Å². The largest absolute Gasteiger partial charge is 0.480 e. The van der Waals surface area contributed by atoms with E-state index in [-0.39, 0.29) is 6.03 Å². The predicted molar refractivity (Wildman–Crippen MR) is 70.8 cm³/mol. The van der Waals surface area contributed by atoms with Crippen molar-refractivity contribution in [3.63, 3.8) is 0 Å². The van der Waals surface area contributed by atoms with Crippen LogP contribution in [-0.4, -0.2) is 46.5 Å². The molecule has 2 amide bonds. The van der Waals surface area contributed by atoms with Crippen LogP contribution in [0.5, 0.6) is 0 Å². The monoisotopic (exact) mass is 262 g/mol. The average Bonchev–Trinajstić information content (AvgIpc) is 2.44. The molecule has 5 nitrogen and oxygen atoms in total. The Hall–Kier alpha value is -2.04. The maximum Gasteiger partial charge on any atom is 0.326 e. The molecule has 1 aliphatic rings. The number of urea groups is 1. The lowest BCUT2D eigenvalue weighted by Crippen LogP contribution is -2.52. The summed E-state index contributed by atoms with van der Waals surface area (Å²) in [4.78, 5) is 26.6. The summed E-state index contributed by atoms with van der Waals surface area (Å²) >= 11 is 0. The van der Waals surface area contributed by atoms with Gasteiger partial charge < -0.3 is 14.9 Å². The number of carbonyl (C=O) groups excluding carboxylic acids is 1. The molecule has 1 aliphatic heterocycles. The molecule has 0 saturated heterocycles. The summed E-state index contributed by atoms with van der Waals surface area (Å²) in [6, 6.07) is 6.66. The number of aliphatic carboxylic acids is 1. The molecule has 0 spiro atoms. The predicted octanol–water partition coefficient (Wildman–Crippen LogP) is 1.57. The number of carbonyl (C=O) groups is 2. The van der Waals surface area contributed by atoms with Gasteiger partial charge in [0.15, 0.2) is 0 Å². The minimum Gasteiger partial charge on any atom is -0.480 e. The van der Waals surface area contributed by atoms with Crippen LogP contribution in [0.2, 0.25) is 0 Å². The molecule has 1 aromatic rings. The lowest BCUT2D eigenvalue weighted by atomic mass is 9.94. The van der Waals surface area contributed by atoms with Crippen LogP contribution in [0, 0.1) is 0 Å². The van der Waals surface area contributed by atoms with Crippen LogP contribution in [-0.2, 0) is 17.8 Å². The number of nitrogens with zero attached hydrogens (tertiary/aromatic N) is 2. The van der Waals surface area contributed by atoms with E-state index >= 15 is 0 Å². The maximum atomic E-state index is 12.2. The lowest BCUT2D eigenvalue weighted by Gasteiger charge is -2.36. The fourth-order valence-electron chi connectivity index (χ4n) is 2.30. The molecule has 2 rings (SSSR count). The number of benzene rings is 1. The van der Waals surface area contributed by atoms with Gasteiger partial charge in [0.25, 0.3) is 0 Å². The lowest BCUT2D eigenvalue weighted by molar-refractivity contribution is -0.142. The van der Waals surface area contributed by atoms with E-state index in [1.807, 2.05) is 31.2 Å². The van der Waals surface area contributed by atoms with Gasteiger partial charge in [-0.3, -0.25) is 0 Å². The first-order chi connectivity index (χ1) is 9.04. The maximum absolute atomic E-state index is 12.2. The van der Waals surface area contributed by atoms with Crippen molar-refractivity contribution in [2.24, 2.45) is 0 Å². The van der Waals surface area contributed by atoms with Crippen molar-refractivity contribution in [2.75, 3.05) is 13.6 Å². The Labute approximate surface area is 112 Å². The second-order valence-corrected chi connectivity index (χ2v) is 4.75. The number of fused-ring (bicyclic) bond motifs is 1. The molecule has 0 fully saturated rings. The summed E-state index contributed by atoms with van der Waals surface area (Å²) in [7, 11) is 1.68. The second-order valence-electron chi connectivity index (χ2n) is 4.75. The number of hydrogen-bond donors (Lipinski definition) is 1. The van der Waals surface area contributed by atoms with Crippen LogP contribution >= 0.6 is 0 Å². The van der Waals surface area contributed by atoms with Crippen LogP contribution in [0.4, 0.5) is 4.79 Å². The number of carboxylic acids is 1. The zero-order chi connectivity index (χ0) is 14.0. The van der Waals surface area contributed by atoms with Gasteiger partial charge in [0.2, 0.25) is 0 Å². The highest BCUT2D eigenvalue weighted by molar-refractivity contribution is 5.83. The summed E-state index contributed by atoms with van der Waals surface area (Å²) < 4.78 is 0. The highest BCUT2D eigenvalue weighted by Crippen LogP contribution is 2.24. The molecule has 0 bridgehead atoms. The zero-order valence-electron chi connectivity index (χ0n) is 11.2. The first kappa shape index (κ1) is 13.4. The van der Waals surface area contributed by atoms with Crippen molar-refractivity contribution < 1.29 is 14.7 Å².